The third-order valence-corrected chi connectivity index (χ3v) is 5.79. The van der Waals surface area contributed by atoms with Crippen molar-refractivity contribution in [1.82, 2.24) is 15.1 Å². The number of nitrogens with one attached hydrogen (secondary N) is 1. The van der Waals surface area contributed by atoms with Gasteiger partial charge in [0.05, 0.1) is 12.6 Å². The van der Waals surface area contributed by atoms with E-state index in [0.717, 1.165) is 39.1 Å². The van der Waals surface area contributed by atoms with Crippen LogP contribution in [0.5, 0.6) is 0 Å². The molecule has 1 N–H and O–H groups in total. The predicted octanol–water partition coefficient (Wildman–Crippen LogP) is 2.79. The predicted molar refractivity (Wildman–Crippen MR) is 104 cm³/mol. The van der Waals surface area contributed by atoms with E-state index in [-0.39, 0.29) is 11.9 Å². The summed E-state index contributed by atoms with van der Waals surface area (Å²) in [6.45, 7) is 7.67. The van der Waals surface area contributed by atoms with Gasteiger partial charge in [-0.2, -0.15) is 0 Å². The molecule has 1 atom stereocenters. The Hall–Kier alpha value is -1.69. The van der Waals surface area contributed by atoms with Crippen molar-refractivity contribution >= 4 is 17.2 Å². The highest BCUT2D eigenvalue weighted by atomic mass is 32.1. The number of amides is 1. The van der Waals surface area contributed by atoms with Crippen molar-refractivity contribution < 1.29 is 4.79 Å². The Labute approximate surface area is 154 Å². The second-order valence-electron chi connectivity index (χ2n) is 6.66. The average molecular weight is 358 g/mol. The maximum absolute atomic E-state index is 12.2. The van der Waals surface area contributed by atoms with E-state index in [4.69, 9.17) is 0 Å². The van der Waals surface area contributed by atoms with Crippen molar-refractivity contribution in [3.63, 3.8) is 0 Å². The second-order valence-corrected chi connectivity index (χ2v) is 7.64. The SMILES string of the molecule is CC(NC(=O)CN1CCN(CCc2ccccc2)CC1)c1cccs1. The molecule has 134 valence electrons. The molecule has 0 bridgehead atoms. The molecule has 1 unspecified atom stereocenters. The molecule has 1 saturated heterocycles. The first kappa shape index (κ1) is 18.1. The molecule has 1 aromatic heterocycles. The lowest BCUT2D eigenvalue weighted by atomic mass is 10.1. The first-order chi connectivity index (χ1) is 12.2. The van der Waals surface area contributed by atoms with Crippen LogP contribution in [0.15, 0.2) is 47.8 Å². The highest BCUT2D eigenvalue weighted by molar-refractivity contribution is 7.10. The van der Waals surface area contributed by atoms with Crippen molar-refractivity contribution in [2.75, 3.05) is 39.3 Å². The van der Waals surface area contributed by atoms with Crippen molar-refractivity contribution in [2.24, 2.45) is 0 Å². The van der Waals surface area contributed by atoms with Gasteiger partial charge in [-0.15, -0.1) is 11.3 Å². The number of hydrogen-bond acceptors (Lipinski definition) is 4. The minimum atomic E-state index is 0.0969. The molecule has 2 heterocycles. The van der Waals surface area contributed by atoms with Crippen LogP contribution in [-0.2, 0) is 11.2 Å². The molecular formula is C20H27N3OS. The summed E-state index contributed by atoms with van der Waals surface area (Å²) in [7, 11) is 0. The quantitative estimate of drug-likeness (QED) is 0.828. The largest absolute Gasteiger partial charge is 0.348 e. The number of carbonyl (C=O) groups excluding carboxylic acids is 1. The molecular weight excluding hydrogens is 330 g/mol. The lowest BCUT2D eigenvalue weighted by molar-refractivity contribution is -0.123. The van der Waals surface area contributed by atoms with Gasteiger partial charge in [-0.25, -0.2) is 0 Å². The van der Waals surface area contributed by atoms with Crippen LogP contribution in [0.25, 0.3) is 0 Å². The highest BCUT2D eigenvalue weighted by Crippen LogP contribution is 2.17. The third-order valence-electron chi connectivity index (χ3n) is 4.74. The van der Waals surface area contributed by atoms with Gasteiger partial charge in [-0.3, -0.25) is 9.69 Å². The van der Waals surface area contributed by atoms with E-state index in [1.807, 2.05) is 18.4 Å². The van der Waals surface area contributed by atoms with Gasteiger partial charge in [-0.05, 0) is 30.4 Å². The Morgan fingerprint density at radius 3 is 2.48 bits per heavy atom. The van der Waals surface area contributed by atoms with E-state index in [1.54, 1.807) is 11.3 Å². The molecule has 3 rings (SSSR count). The second kappa shape index (κ2) is 9.13. The molecule has 4 nitrogen and oxygen atoms in total. The Bertz CT molecular complexity index is 636. The van der Waals surface area contributed by atoms with Crippen molar-refractivity contribution in [2.45, 2.75) is 19.4 Å². The van der Waals surface area contributed by atoms with E-state index >= 15 is 0 Å². The summed E-state index contributed by atoms with van der Waals surface area (Å²) in [5.41, 5.74) is 1.40. The van der Waals surface area contributed by atoms with Crippen molar-refractivity contribution in [3.8, 4) is 0 Å². The molecule has 0 radical (unpaired) electrons. The average Bonchev–Trinajstić information content (AvgIpc) is 3.17. The molecule has 5 heteroatoms. The van der Waals surface area contributed by atoms with Crippen LogP contribution in [0.1, 0.15) is 23.4 Å². The van der Waals surface area contributed by atoms with Crippen LogP contribution in [0.3, 0.4) is 0 Å². The van der Waals surface area contributed by atoms with Gasteiger partial charge >= 0.3 is 0 Å². The summed E-state index contributed by atoms with van der Waals surface area (Å²) in [6, 6.07) is 14.8. The zero-order chi connectivity index (χ0) is 17.5. The van der Waals surface area contributed by atoms with Crippen LogP contribution in [0.2, 0.25) is 0 Å². The van der Waals surface area contributed by atoms with E-state index < -0.39 is 0 Å². The molecule has 25 heavy (non-hydrogen) atoms. The van der Waals surface area contributed by atoms with E-state index in [0.29, 0.717) is 6.54 Å². The Balaban J connectivity index is 1.35. The Morgan fingerprint density at radius 1 is 1.08 bits per heavy atom. The van der Waals surface area contributed by atoms with Gasteiger partial charge in [0.1, 0.15) is 0 Å². The van der Waals surface area contributed by atoms with Crippen molar-refractivity contribution in [3.05, 3.63) is 58.3 Å². The lowest BCUT2D eigenvalue weighted by Crippen LogP contribution is -2.49. The summed E-state index contributed by atoms with van der Waals surface area (Å²) in [5, 5.41) is 5.15. The molecule has 1 aliphatic rings. The van der Waals surface area contributed by atoms with Gasteiger partial charge in [0, 0.05) is 37.6 Å². The molecule has 1 aliphatic heterocycles. The fourth-order valence-corrected chi connectivity index (χ4v) is 3.94. The maximum atomic E-state index is 12.2. The fourth-order valence-electron chi connectivity index (χ4n) is 3.20. The van der Waals surface area contributed by atoms with Gasteiger partial charge in [-0.1, -0.05) is 36.4 Å². The Morgan fingerprint density at radius 2 is 1.80 bits per heavy atom. The minimum Gasteiger partial charge on any atom is -0.348 e. The zero-order valence-corrected chi connectivity index (χ0v) is 15.7. The number of hydrogen-bond donors (Lipinski definition) is 1. The Kier molecular flexibility index (Phi) is 6.62. The van der Waals surface area contributed by atoms with Gasteiger partial charge in [0.15, 0.2) is 0 Å². The summed E-state index contributed by atoms with van der Waals surface area (Å²) < 4.78 is 0. The van der Waals surface area contributed by atoms with Gasteiger partial charge < -0.3 is 10.2 Å². The van der Waals surface area contributed by atoms with Crippen LogP contribution in [0, 0.1) is 0 Å². The summed E-state index contributed by atoms with van der Waals surface area (Å²) >= 11 is 1.69. The minimum absolute atomic E-state index is 0.0969. The lowest BCUT2D eigenvalue weighted by Gasteiger charge is -2.34. The molecule has 1 aromatic carbocycles. The zero-order valence-electron chi connectivity index (χ0n) is 14.9. The number of carbonyl (C=O) groups is 1. The number of piperazine rings is 1. The van der Waals surface area contributed by atoms with E-state index in [2.05, 4.69) is 51.5 Å². The number of rotatable bonds is 7. The van der Waals surface area contributed by atoms with Crippen LogP contribution < -0.4 is 5.32 Å². The van der Waals surface area contributed by atoms with Gasteiger partial charge in [0.25, 0.3) is 0 Å². The summed E-state index contributed by atoms with van der Waals surface area (Å²) in [5.74, 6) is 0.124. The highest BCUT2D eigenvalue weighted by Gasteiger charge is 2.19. The molecule has 0 spiro atoms. The molecule has 0 aliphatic carbocycles. The fraction of sp³-hybridized carbons (Fsp3) is 0.450. The molecule has 2 aromatic rings. The van der Waals surface area contributed by atoms with Crippen LogP contribution in [-0.4, -0.2) is 55.0 Å². The maximum Gasteiger partial charge on any atom is 0.234 e. The monoisotopic (exact) mass is 357 g/mol. The number of nitrogens with zero attached hydrogens (tertiary/aromatic N) is 2. The van der Waals surface area contributed by atoms with E-state index in [9.17, 15) is 4.79 Å². The summed E-state index contributed by atoms with van der Waals surface area (Å²) in [6.07, 6.45) is 1.10. The first-order valence-corrected chi connectivity index (χ1v) is 9.90. The molecule has 1 fully saturated rings. The smallest absolute Gasteiger partial charge is 0.234 e. The summed E-state index contributed by atoms with van der Waals surface area (Å²) in [4.78, 5) is 18.2. The standard InChI is InChI=1S/C20H27N3OS/c1-17(19-8-5-15-25-19)21-20(24)16-23-13-11-22(12-14-23)10-9-18-6-3-2-4-7-18/h2-8,15,17H,9-14,16H2,1H3,(H,21,24). The van der Waals surface area contributed by atoms with Crippen molar-refractivity contribution in [1.29, 1.82) is 0 Å². The number of benzene rings is 1. The van der Waals surface area contributed by atoms with E-state index in [1.165, 1.54) is 10.4 Å². The van der Waals surface area contributed by atoms with Crippen LogP contribution in [0.4, 0.5) is 0 Å². The van der Waals surface area contributed by atoms with Crippen LogP contribution >= 0.6 is 11.3 Å². The third kappa shape index (κ3) is 5.66. The number of thiophene rings is 1. The van der Waals surface area contributed by atoms with Gasteiger partial charge in [0.2, 0.25) is 5.91 Å². The molecule has 0 saturated carbocycles. The topological polar surface area (TPSA) is 35.6 Å². The normalized spacial score (nSPS) is 17.3. The molecule has 1 amide bonds. The first-order valence-electron chi connectivity index (χ1n) is 9.02.